The van der Waals surface area contributed by atoms with Crippen molar-refractivity contribution in [2.24, 2.45) is 0 Å². The highest BCUT2D eigenvalue weighted by molar-refractivity contribution is 8.24. The van der Waals surface area contributed by atoms with Crippen molar-refractivity contribution in [2.75, 3.05) is 0 Å². The number of fused-ring (bicyclic) bond motifs is 2. The van der Waals surface area contributed by atoms with E-state index < -0.39 is 0 Å². The molecule has 0 radical (unpaired) electrons. The van der Waals surface area contributed by atoms with Crippen molar-refractivity contribution in [3.8, 4) is 0 Å². The largest absolute Gasteiger partial charge is 0.474 e. The Morgan fingerprint density at radius 3 is 1.54 bits per heavy atom. The van der Waals surface area contributed by atoms with Crippen LogP contribution < -0.4 is 0 Å². The van der Waals surface area contributed by atoms with Gasteiger partial charge in [-0.2, -0.15) is 11.8 Å². The van der Waals surface area contributed by atoms with Gasteiger partial charge in [-0.05, 0) is 74.1 Å². The molecule has 35 heavy (non-hydrogen) atoms. The molecule has 0 spiro atoms. The first kappa shape index (κ1) is 27.1. The Bertz CT molecular complexity index is 888. The zero-order valence-electron chi connectivity index (χ0n) is 19.8. The lowest BCUT2D eigenvalue weighted by Crippen LogP contribution is -2.22. The van der Waals surface area contributed by atoms with Gasteiger partial charge in [0.2, 0.25) is 8.77 Å². The molecule has 2 aromatic carbocycles. The van der Waals surface area contributed by atoms with Crippen LogP contribution in [0, 0.1) is 0 Å². The van der Waals surface area contributed by atoms with Crippen molar-refractivity contribution in [2.45, 2.75) is 72.7 Å². The summed E-state index contributed by atoms with van der Waals surface area (Å²) in [5.74, 6) is 0. The zero-order chi connectivity index (χ0) is 24.3. The molecule has 7 heteroatoms. The normalized spacial score (nSPS) is 25.3. The highest BCUT2D eigenvalue weighted by Crippen LogP contribution is 2.46. The molecule has 2 aliphatic rings. The van der Waals surface area contributed by atoms with Crippen molar-refractivity contribution in [3.63, 3.8) is 0 Å². The van der Waals surface area contributed by atoms with Crippen LogP contribution in [0.1, 0.15) is 49.7 Å². The molecule has 2 nitrogen and oxygen atoms in total. The average molecular weight is 561 g/mol. The van der Waals surface area contributed by atoms with E-state index in [9.17, 15) is 0 Å². The van der Waals surface area contributed by atoms with E-state index in [-0.39, 0.29) is 0 Å². The third kappa shape index (κ3) is 9.12. The van der Waals surface area contributed by atoms with E-state index in [0.29, 0.717) is 43.0 Å². The Morgan fingerprint density at radius 1 is 0.686 bits per heavy atom. The highest BCUT2D eigenvalue weighted by atomic mass is 32.2. The van der Waals surface area contributed by atoms with Crippen LogP contribution in [0.3, 0.4) is 0 Å². The summed E-state index contributed by atoms with van der Waals surface area (Å²) < 4.78 is 13.3. The van der Waals surface area contributed by atoms with Crippen LogP contribution in [0.2, 0.25) is 0 Å². The fraction of sp³-hybridized carbons (Fsp3) is 0.429. The van der Waals surface area contributed by atoms with Crippen LogP contribution in [-0.4, -0.2) is 29.8 Å². The second-order valence-electron chi connectivity index (χ2n) is 8.78. The number of hydrogen-bond donors (Lipinski definition) is 0. The van der Waals surface area contributed by atoms with Gasteiger partial charge in [-0.1, -0.05) is 96.3 Å². The number of rotatable bonds is 6. The van der Waals surface area contributed by atoms with Gasteiger partial charge in [0.25, 0.3) is 0 Å². The predicted molar refractivity (Wildman–Crippen MR) is 162 cm³/mol. The maximum atomic E-state index is 5.96. The highest BCUT2D eigenvalue weighted by Gasteiger charge is 2.37. The SMILES string of the molecule is S=C(OCc1ccccc1)SC1CC/C=C/CCC(SC(=S)OCc2ccccc2)C2CCC1S2. The summed E-state index contributed by atoms with van der Waals surface area (Å²) >= 11 is 17.0. The number of hydrogen-bond acceptors (Lipinski definition) is 7. The molecular formula is C28H32O2S5. The Hall–Kier alpha value is -0.990. The van der Waals surface area contributed by atoms with E-state index in [4.69, 9.17) is 33.9 Å². The quantitative estimate of drug-likeness (QED) is 0.257. The number of thioether (sulfide) groups is 3. The fourth-order valence-electron chi connectivity index (χ4n) is 4.38. The topological polar surface area (TPSA) is 18.5 Å². The van der Waals surface area contributed by atoms with Crippen molar-refractivity contribution < 1.29 is 9.47 Å². The molecule has 0 saturated carbocycles. The molecule has 2 aromatic rings. The lowest BCUT2D eigenvalue weighted by molar-refractivity contribution is 0.310. The summed E-state index contributed by atoms with van der Waals surface area (Å²) in [6.07, 6.45) is 11.6. The molecule has 0 aliphatic carbocycles. The molecule has 0 amide bonds. The summed E-state index contributed by atoms with van der Waals surface area (Å²) in [7, 11) is 0. The lowest BCUT2D eigenvalue weighted by atomic mass is 10.0. The van der Waals surface area contributed by atoms with E-state index in [1.807, 2.05) is 36.4 Å². The molecule has 2 bridgehead atoms. The number of ether oxygens (including phenoxy) is 2. The van der Waals surface area contributed by atoms with Gasteiger partial charge < -0.3 is 9.47 Å². The second-order valence-corrected chi connectivity index (χ2v) is 13.9. The minimum absolute atomic E-state index is 0.475. The lowest BCUT2D eigenvalue weighted by Gasteiger charge is -2.25. The van der Waals surface area contributed by atoms with Crippen LogP contribution in [-0.2, 0) is 22.7 Å². The smallest absolute Gasteiger partial charge is 0.220 e. The number of benzene rings is 2. The molecule has 0 N–H and O–H groups in total. The molecule has 0 aromatic heterocycles. The average Bonchev–Trinajstić information content (AvgIpc) is 3.37. The van der Waals surface area contributed by atoms with E-state index in [1.54, 1.807) is 23.5 Å². The Labute approximate surface area is 233 Å². The van der Waals surface area contributed by atoms with Crippen molar-refractivity contribution in [1.29, 1.82) is 0 Å². The monoisotopic (exact) mass is 560 g/mol. The molecular weight excluding hydrogens is 529 g/mol. The van der Waals surface area contributed by atoms with E-state index >= 15 is 0 Å². The maximum absolute atomic E-state index is 5.96. The molecule has 2 heterocycles. The van der Waals surface area contributed by atoms with Gasteiger partial charge in [-0.3, -0.25) is 0 Å². The van der Waals surface area contributed by atoms with Crippen molar-refractivity contribution in [1.82, 2.24) is 0 Å². The third-order valence-corrected chi connectivity index (χ3v) is 11.6. The van der Waals surface area contributed by atoms with Crippen molar-refractivity contribution >= 4 is 68.5 Å². The molecule has 1 fully saturated rings. The summed E-state index contributed by atoms with van der Waals surface area (Å²) in [4.78, 5) is 0. The van der Waals surface area contributed by atoms with Crippen molar-refractivity contribution in [3.05, 3.63) is 83.9 Å². The van der Waals surface area contributed by atoms with E-state index in [2.05, 4.69) is 48.2 Å². The fourth-order valence-corrected chi connectivity index (χ4v) is 9.41. The molecule has 4 atom stereocenters. The van der Waals surface area contributed by atoms with Gasteiger partial charge in [0.05, 0.1) is 0 Å². The van der Waals surface area contributed by atoms with Gasteiger partial charge in [0, 0.05) is 21.0 Å². The number of allylic oxidation sites excluding steroid dienone is 2. The summed E-state index contributed by atoms with van der Waals surface area (Å²) in [5.41, 5.74) is 2.31. The van der Waals surface area contributed by atoms with E-state index in [0.717, 1.165) is 36.8 Å². The maximum Gasteiger partial charge on any atom is 0.220 e. The van der Waals surface area contributed by atoms with Gasteiger partial charge in [-0.25, -0.2) is 0 Å². The van der Waals surface area contributed by atoms with Crippen LogP contribution in [0.4, 0.5) is 0 Å². The Balaban J connectivity index is 1.31. The molecule has 1 saturated heterocycles. The zero-order valence-corrected chi connectivity index (χ0v) is 23.8. The first-order chi connectivity index (χ1) is 17.2. The molecule has 186 valence electrons. The third-order valence-electron chi connectivity index (χ3n) is 6.21. The minimum atomic E-state index is 0.475. The number of thiocarbonyl (C=S) groups is 2. The van der Waals surface area contributed by atoms with Crippen LogP contribution in [0.25, 0.3) is 0 Å². The predicted octanol–water partition coefficient (Wildman–Crippen LogP) is 8.59. The van der Waals surface area contributed by atoms with Crippen LogP contribution >= 0.6 is 59.7 Å². The van der Waals surface area contributed by atoms with Crippen LogP contribution in [0.5, 0.6) is 0 Å². The Morgan fingerprint density at radius 2 is 1.11 bits per heavy atom. The second kappa shape index (κ2) is 14.7. The minimum Gasteiger partial charge on any atom is -0.474 e. The van der Waals surface area contributed by atoms with Gasteiger partial charge in [-0.15, -0.1) is 0 Å². The summed E-state index contributed by atoms with van der Waals surface area (Å²) in [6.45, 7) is 1.08. The van der Waals surface area contributed by atoms with Gasteiger partial charge in [0.1, 0.15) is 13.2 Å². The van der Waals surface area contributed by atoms with Gasteiger partial charge in [0.15, 0.2) is 0 Å². The first-order valence-electron chi connectivity index (χ1n) is 12.2. The molecule has 4 unspecified atom stereocenters. The standard InChI is InChI=1S/C28H32O2S5/c31-27(29-19-21-11-5-3-6-12-21)34-23-15-9-1-2-10-16-24(26-18-17-25(23)33-26)35-28(32)30-20-22-13-7-4-8-14-22/h1-8,11-14,23-26H,9-10,15-20H2/b2-1+. The summed E-state index contributed by atoms with van der Waals surface area (Å²) in [6, 6.07) is 20.5. The van der Waals surface area contributed by atoms with Crippen LogP contribution in [0.15, 0.2) is 72.8 Å². The molecule has 2 aliphatic heterocycles. The molecule has 4 rings (SSSR count). The first-order valence-corrected chi connectivity index (χ1v) is 15.7. The van der Waals surface area contributed by atoms with E-state index in [1.165, 1.54) is 12.8 Å². The summed E-state index contributed by atoms with van der Waals surface area (Å²) in [5, 5.41) is 2.14. The van der Waals surface area contributed by atoms with Gasteiger partial charge >= 0.3 is 0 Å². The Kier molecular flexibility index (Phi) is 11.3.